The third-order valence-electron chi connectivity index (χ3n) is 6.22. The second-order valence-electron chi connectivity index (χ2n) is 9.06. The van der Waals surface area contributed by atoms with Crippen molar-refractivity contribution in [1.82, 2.24) is 19.6 Å². The first kappa shape index (κ1) is 23.0. The van der Waals surface area contributed by atoms with Gasteiger partial charge in [-0.2, -0.15) is 18.2 Å². The summed E-state index contributed by atoms with van der Waals surface area (Å²) >= 11 is 0. The van der Waals surface area contributed by atoms with E-state index in [-0.39, 0.29) is 5.56 Å². The number of hydrogen-bond acceptors (Lipinski definition) is 4. The minimum Gasteiger partial charge on any atom is -0.325 e. The first-order valence-corrected chi connectivity index (χ1v) is 11.0. The number of rotatable bonds is 1. The molecule has 0 saturated heterocycles. The van der Waals surface area contributed by atoms with E-state index in [9.17, 15) is 22.0 Å². The molecule has 0 fully saturated rings. The van der Waals surface area contributed by atoms with Gasteiger partial charge >= 0.3 is 6.18 Å². The van der Waals surface area contributed by atoms with E-state index in [0.29, 0.717) is 59.0 Å². The van der Waals surface area contributed by atoms with E-state index in [2.05, 4.69) is 27.0 Å². The summed E-state index contributed by atoms with van der Waals surface area (Å²) in [4.78, 5) is 6.35. The predicted molar refractivity (Wildman–Crippen MR) is 121 cm³/mol. The Balaban J connectivity index is 1.72. The van der Waals surface area contributed by atoms with E-state index >= 15 is 0 Å². The molecule has 0 bridgehead atoms. The fraction of sp³-hybridized carbons (Fsp3) is 0.320. The highest BCUT2D eigenvalue weighted by atomic mass is 19.4. The lowest BCUT2D eigenvalue weighted by Gasteiger charge is -2.32. The number of aryl methyl sites for hydroxylation is 1. The van der Waals surface area contributed by atoms with Crippen molar-refractivity contribution in [2.75, 3.05) is 11.4 Å². The molecule has 0 saturated carbocycles. The molecule has 0 radical (unpaired) electrons. The standard InChI is InChI=1S/C25H20F5N5/c1-14-32-33-23-31-22(19-12-16(26)6-7-20(19)35(14)23)34-10-4-5-18-15(11-17(27)13-21(18)34)8-9-24(2,3)25(28,29)30/h6-7,11-13H,4-5,10H2,1-3H3. The molecule has 5 rings (SSSR count). The Morgan fingerprint density at radius 2 is 1.77 bits per heavy atom. The van der Waals surface area contributed by atoms with E-state index in [1.165, 1.54) is 18.2 Å². The maximum absolute atomic E-state index is 14.7. The summed E-state index contributed by atoms with van der Waals surface area (Å²) in [5, 5.41) is 8.63. The SMILES string of the molecule is Cc1nnc2nc(N3CCCc4c(C#CC(C)(C)C(F)(F)F)cc(F)cc43)c3cc(F)ccc3n12. The first-order valence-electron chi connectivity index (χ1n) is 11.0. The molecule has 180 valence electrons. The van der Waals surface area contributed by atoms with Crippen LogP contribution in [0.4, 0.5) is 33.5 Å². The molecule has 0 spiro atoms. The summed E-state index contributed by atoms with van der Waals surface area (Å²) in [7, 11) is 0. The average Bonchev–Trinajstić information content (AvgIpc) is 3.16. The van der Waals surface area contributed by atoms with Crippen LogP contribution in [0.1, 0.15) is 37.2 Å². The molecule has 35 heavy (non-hydrogen) atoms. The Bertz CT molecular complexity index is 1540. The molecule has 0 unspecified atom stereocenters. The lowest BCUT2D eigenvalue weighted by molar-refractivity contribution is -0.190. The summed E-state index contributed by atoms with van der Waals surface area (Å²) in [6, 6.07) is 6.73. The van der Waals surface area contributed by atoms with Gasteiger partial charge in [-0.3, -0.25) is 4.40 Å². The van der Waals surface area contributed by atoms with Gasteiger partial charge in [-0.15, -0.1) is 10.2 Å². The van der Waals surface area contributed by atoms with Gasteiger partial charge in [-0.25, -0.2) is 8.78 Å². The van der Waals surface area contributed by atoms with Crippen molar-refractivity contribution in [3.05, 3.63) is 58.9 Å². The zero-order chi connectivity index (χ0) is 25.1. The van der Waals surface area contributed by atoms with Crippen LogP contribution in [0.15, 0.2) is 30.3 Å². The molecule has 2 aromatic carbocycles. The molecule has 5 nitrogen and oxygen atoms in total. The van der Waals surface area contributed by atoms with E-state index < -0.39 is 23.2 Å². The highest BCUT2D eigenvalue weighted by Gasteiger charge is 2.46. The molecule has 1 aliphatic heterocycles. The number of fused-ring (bicyclic) bond motifs is 4. The number of alkyl halides is 3. The summed E-state index contributed by atoms with van der Waals surface area (Å²) in [6.45, 7) is 4.17. The van der Waals surface area contributed by atoms with E-state index in [4.69, 9.17) is 0 Å². The summed E-state index contributed by atoms with van der Waals surface area (Å²) in [5.41, 5.74) is -0.385. The lowest BCUT2D eigenvalue weighted by Crippen LogP contribution is -2.30. The van der Waals surface area contributed by atoms with Crippen molar-refractivity contribution in [2.24, 2.45) is 5.41 Å². The molecule has 0 atom stereocenters. The Morgan fingerprint density at radius 1 is 1.00 bits per heavy atom. The third-order valence-corrected chi connectivity index (χ3v) is 6.22. The molecule has 1 aliphatic rings. The fourth-order valence-electron chi connectivity index (χ4n) is 4.24. The molecular formula is C25H20F5N5. The topological polar surface area (TPSA) is 46.3 Å². The van der Waals surface area contributed by atoms with Gasteiger partial charge < -0.3 is 4.90 Å². The molecule has 10 heteroatoms. The van der Waals surface area contributed by atoms with Gasteiger partial charge in [-0.1, -0.05) is 11.8 Å². The first-order chi connectivity index (χ1) is 16.5. The van der Waals surface area contributed by atoms with Gasteiger partial charge in [0.15, 0.2) is 0 Å². The zero-order valence-electron chi connectivity index (χ0n) is 19.1. The molecule has 4 aromatic rings. The van der Waals surface area contributed by atoms with Gasteiger partial charge in [0.25, 0.3) is 5.78 Å². The van der Waals surface area contributed by atoms with Crippen LogP contribution in [0.2, 0.25) is 0 Å². The number of benzene rings is 2. The van der Waals surface area contributed by atoms with Crippen molar-refractivity contribution in [3.8, 4) is 11.8 Å². The van der Waals surface area contributed by atoms with Gasteiger partial charge in [0, 0.05) is 23.2 Å². The summed E-state index contributed by atoms with van der Waals surface area (Å²) in [5.74, 6) is 4.96. The van der Waals surface area contributed by atoms with Gasteiger partial charge in [0.2, 0.25) is 0 Å². The van der Waals surface area contributed by atoms with Crippen LogP contribution in [-0.2, 0) is 6.42 Å². The molecule has 2 aromatic heterocycles. The van der Waals surface area contributed by atoms with Crippen molar-refractivity contribution < 1.29 is 22.0 Å². The minimum atomic E-state index is -4.53. The van der Waals surface area contributed by atoms with Crippen LogP contribution in [0, 0.1) is 35.8 Å². The van der Waals surface area contributed by atoms with Gasteiger partial charge in [-0.05, 0) is 69.5 Å². The quantitative estimate of drug-likeness (QED) is 0.249. The van der Waals surface area contributed by atoms with Crippen LogP contribution in [0.3, 0.4) is 0 Å². The third kappa shape index (κ3) is 3.85. The van der Waals surface area contributed by atoms with Gasteiger partial charge in [0.1, 0.15) is 28.7 Å². The Labute approximate surface area is 197 Å². The Kier molecular flexibility index (Phi) is 5.20. The number of halogens is 5. The second kappa shape index (κ2) is 7.90. The Morgan fingerprint density at radius 3 is 2.51 bits per heavy atom. The van der Waals surface area contributed by atoms with E-state index in [1.54, 1.807) is 22.3 Å². The van der Waals surface area contributed by atoms with E-state index in [1.807, 2.05) is 0 Å². The maximum Gasteiger partial charge on any atom is 0.404 e. The normalized spacial score (nSPS) is 14.2. The largest absolute Gasteiger partial charge is 0.404 e. The van der Waals surface area contributed by atoms with Crippen LogP contribution in [0.5, 0.6) is 0 Å². The molecular weight excluding hydrogens is 465 g/mol. The number of hydrogen-bond donors (Lipinski definition) is 0. The van der Waals surface area contributed by atoms with Crippen LogP contribution in [0.25, 0.3) is 16.7 Å². The zero-order valence-corrected chi connectivity index (χ0v) is 19.1. The maximum atomic E-state index is 14.7. The number of aromatic nitrogens is 4. The van der Waals surface area contributed by atoms with Crippen LogP contribution >= 0.6 is 0 Å². The van der Waals surface area contributed by atoms with Crippen molar-refractivity contribution in [3.63, 3.8) is 0 Å². The van der Waals surface area contributed by atoms with Crippen LogP contribution < -0.4 is 4.90 Å². The molecule has 0 aliphatic carbocycles. The predicted octanol–water partition coefficient (Wildman–Crippen LogP) is 5.89. The summed E-state index contributed by atoms with van der Waals surface area (Å²) in [6.07, 6.45) is -3.41. The molecule has 3 heterocycles. The Hall–Kier alpha value is -3.74. The number of nitrogens with zero attached hydrogens (tertiary/aromatic N) is 5. The number of anilines is 2. The molecule has 0 N–H and O–H groups in total. The van der Waals surface area contributed by atoms with Crippen molar-refractivity contribution >= 4 is 28.2 Å². The van der Waals surface area contributed by atoms with Crippen molar-refractivity contribution in [1.29, 1.82) is 0 Å². The summed E-state index contributed by atoms with van der Waals surface area (Å²) < 4.78 is 70.6. The smallest absolute Gasteiger partial charge is 0.325 e. The highest BCUT2D eigenvalue weighted by Crippen LogP contribution is 2.40. The second-order valence-corrected chi connectivity index (χ2v) is 9.06. The van der Waals surface area contributed by atoms with E-state index in [0.717, 1.165) is 19.9 Å². The monoisotopic (exact) mass is 485 g/mol. The van der Waals surface area contributed by atoms with Gasteiger partial charge in [0.05, 0.1) is 5.52 Å². The minimum absolute atomic E-state index is 0.192. The highest BCUT2D eigenvalue weighted by molar-refractivity contribution is 5.94. The molecule has 0 amide bonds. The van der Waals surface area contributed by atoms with Crippen LogP contribution in [-0.4, -0.2) is 32.3 Å². The lowest BCUT2D eigenvalue weighted by atomic mass is 9.91. The average molecular weight is 485 g/mol. The fourth-order valence-corrected chi connectivity index (χ4v) is 4.24. The van der Waals surface area contributed by atoms with Crippen molar-refractivity contribution in [2.45, 2.75) is 39.8 Å².